The van der Waals surface area contributed by atoms with E-state index in [2.05, 4.69) is 15.4 Å². The van der Waals surface area contributed by atoms with Crippen molar-refractivity contribution in [3.63, 3.8) is 0 Å². The minimum Gasteiger partial charge on any atom is -0.334 e. The van der Waals surface area contributed by atoms with E-state index in [-0.39, 0.29) is 24.1 Å². The molecule has 1 amide bonds. The molecule has 0 bridgehead atoms. The Kier molecular flexibility index (Phi) is 7.29. The molecule has 6 nitrogen and oxygen atoms in total. The number of para-hydroxylation sites is 1. The van der Waals surface area contributed by atoms with Crippen molar-refractivity contribution in [1.82, 2.24) is 25.0 Å². The van der Waals surface area contributed by atoms with Gasteiger partial charge in [0.2, 0.25) is 5.82 Å². The molecule has 0 aliphatic carbocycles. The van der Waals surface area contributed by atoms with Crippen LogP contribution in [-0.4, -0.2) is 51.8 Å². The maximum absolute atomic E-state index is 12.8. The lowest BCUT2D eigenvalue weighted by Gasteiger charge is -2.31. The van der Waals surface area contributed by atoms with Crippen molar-refractivity contribution < 1.29 is 4.79 Å². The van der Waals surface area contributed by atoms with Gasteiger partial charge in [0.25, 0.3) is 5.91 Å². The van der Waals surface area contributed by atoms with E-state index >= 15 is 0 Å². The van der Waals surface area contributed by atoms with Gasteiger partial charge in [-0.1, -0.05) is 36.2 Å². The molecule has 9 heteroatoms. The number of amides is 1. The van der Waals surface area contributed by atoms with Crippen molar-refractivity contribution >= 4 is 41.5 Å². The van der Waals surface area contributed by atoms with E-state index in [1.54, 1.807) is 27.8 Å². The number of benzene rings is 1. The highest BCUT2D eigenvalue weighted by Crippen LogP contribution is 2.29. The van der Waals surface area contributed by atoms with E-state index in [0.717, 1.165) is 19.4 Å². The molecule has 1 saturated heterocycles. The SMILES string of the molecule is CCc1nc(C(=O)N2CCCC(NC)C2)nn1-c1c(Cl)cccc1Cl.Cl. The zero-order valence-electron chi connectivity index (χ0n) is 14.7. The summed E-state index contributed by atoms with van der Waals surface area (Å²) in [7, 11) is 1.92. The fourth-order valence-electron chi connectivity index (χ4n) is 3.07. The molecular weight excluding hydrogens is 397 g/mol. The summed E-state index contributed by atoms with van der Waals surface area (Å²) in [6.07, 6.45) is 2.65. The van der Waals surface area contributed by atoms with Gasteiger partial charge in [0.05, 0.1) is 10.0 Å². The Morgan fingerprint density at radius 1 is 1.35 bits per heavy atom. The number of likely N-dealkylation sites (N-methyl/N-ethyl adjacent to an activating group) is 1. The van der Waals surface area contributed by atoms with Crippen LogP contribution in [0.2, 0.25) is 10.0 Å². The number of likely N-dealkylation sites (tertiary alicyclic amines) is 1. The number of nitrogens with one attached hydrogen (secondary N) is 1. The van der Waals surface area contributed by atoms with Gasteiger partial charge in [0.1, 0.15) is 11.5 Å². The lowest BCUT2D eigenvalue weighted by atomic mass is 10.1. The smallest absolute Gasteiger partial charge is 0.293 e. The van der Waals surface area contributed by atoms with E-state index in [4.69, 9.17) is 23.2 Å². The van der Waals surface area contributed by atoms with Gasteiger partial charge in [-0.3, -0.25) is 4.79 Å². The van der Waals surface area contributed by atoms with Gasteiger partial charge >= 0.3 is 0 Å². The molecule has 0 saturated carbocycles. The average Bonchev–Trinajstić information content (AvgIpc) is 3.05. The summed E-state index contributed by atoms with van der Waals surface area (Å²) in [6.45, 7) is 3.34. The van der Waals surface area contributed by atoms with Crippen LogP contribution in [-0.2, 0) is 6.42 Å². The Hall–Kier alpha value is -1.34. The Morgan fingerprint density at radius 3 is 2.65 bits per heavy atom. The number of rotatable bonds is 4. The van der Waals surface area contributed by atoms with Crippen molar-refractivity contribution in [2.24, 2.45) is 0 Å². The van der Waals surface area contributed by atoms with E-state index in [1.807, 2.05) is 14.0 Å². The van der Waals surface area contributed by atoms with E-state index in [1.165, 1.54) is 0 Å². The lowest BCUT2D eigenvalue weighted by Crippen LogP contribution is -2.47. The molecule has 1 N–H and O–H groups in total. The first-order valence-corrected chi connectivity index (χ1v) is 9.17. The standard InChI is InChI=1S/C17H21Cl2N5O.ClH/c1-3-14-21-16(17(25)23-9-5-6-11(10-23)20-2)22-24(14)15-12(18)7-4-8-13(15)19;/h4,7-8,11,20H,3,5-6,9-10H2,1-2H3;1H. The molecule has 1 aromatic carbocycles. The Labute approximate surface area is 169 Å². The first-order chi connectivity index (χ1) is 12.0. The topological polar surface area (TPSA) is 63.1 Å². The molecule has 0 radical (unpaired) electrons. The zero-order chi connectivity index (χ0) is 18.0. The molecule has 142 valence electrons. The first kappa shape index (κ1) is 21.0. The van der Waals surface area contributed by atoms with Gasteiger partial charge in [-0.2, -0.15) is 0 Å². The molecule has 0 spiro atoms. The molecule has 1 unspecified atom stereocenters. The Balaban J connectivity index is 0.00000243. The molecule has 3 rings (SSSR count). The lowest BCUT2D eigenvalue weighted by molar-refractivity contribution is 0.0686. The molecule has 2 aromatic rings. The van der Waals surface area contributed by atoms with Crippen LogP contribution < -0.4 is 5.32 Å². The van der Waals surface area contributed by atoms with E-state index < -0.39 is 0 Å². The molecule has 1 atom stereocenters. The second-order valence-corrected chi connectivity index (χ2v) is 6.88. The molecule has 1 aliphatic rings. The van der Waals surface area contributed by atoms with Crippen LogP contribution in [0.1, 0.15) is 36.2 Å². The third kappa shape index (κ3) is 4.14. The van der Waals surface area contributed by atoms with Crippen LogP contribution in [0.3, 0.4) is 0 Å². The van der Waals surface area contributed by atoms with Crippen molar-refractivity contribution in [2.45, 2.75) is 32.2 Å². The van der Waals surface area contributed by atoms with Crippen molar-refractivity contribution in [1.29, 1.82) is 0 Å². The summed E-state index contributed by atoms with van der Waals surface area (Å²) in [4.78, 5) is 19.1. The number of aryl methyl sites for hydroxylation is 1. The number of piperidine rings is 1. The normalized spacial score (nSPS) is 17.1. The van der Waals surface area contributed by atoms with E-state index in [9.17, 15) is 4.79 Å². The fraction of sp³-hybridized carbons (Fsp3) is 0.471. The Morgan fingerprint density at radius 2 is 2.04 bits per heavy atom. The van der Waals surface area contributed by atoms with Gasteiger partial charge in [-0.15, -0.1) is 17.5 Å². The highest BCUT2D eigenvalue weighted by molar-refractivity contribution is 6.37. The first-order valence-electron chi connectivity index (χ1n) is 8.42. The van der Waals surface area contributed by atoms with Crippen LogP contribution in [0.5, 0.6) is 0 Å². The summed E-state index contributed by atoms with van der Waals surface area (Å²) in [6, 6.07) is 5.57. The molecule has 1 fully saturated rings. The fourth-order valence-corrected chi connectivity index (χ4v) is 3.63. The quantitative estimate of drug-likeness (QED) is 0.827. The highest BCUT2D eigenvalue weighted by Gasteiger charge is 2.27. The summed E-state index contributed by atoms with van der Waals surface area (Å²) in [5.74, 6) is 0.682. The van der Waals surface area contributed by atoms with Crippen molar-refractivity contribution in [2.75, 3.05) is 20.1 Å². The minimum atomic E-state index is -0.156. The maximum atomic E-state index is 12.8. The summed E-state index contributed by atoms with van der Waals surface area (Å²) in [5, 5.41) is 8.60. The van der Waals surface area contributed by atoms with Gasteiger partial charge in [-0.05, 0) is 32.0 Å². The minimum absolute atomic E-state index is 0. The number of nitrogens with zero attached hydrogens (tertiary/aromatic N) is 4. The molecule has 26 heavy (non-hydrogen) atoms. The summed E-state index contributed by atoms with van der Waals surface area (Å²) in [5.41, 5.74) is 0.556. The number of hydrogen-bond acceptors (Lipinski definition) is 4. The van der Waals surface area contributed by atoms with Gasteiger partial charge < -0.3 is 10.2 Å². The van der Waals surface area contributed by atoms with Crippen molar-refractivity contribution in [3.8, 4) is 5.69 Å². The van der Waals surface area contributed by atoms with Crippen molar-refractivity contribution in [3.05, 3.63) is 39.9 Å². The van der Waals surface area contributed by atoms with Gasteiger partial charge in [0.15, 0.2) is 0 Å². The largest absolute Gasteiger partial charge is 0.334 e. The number of carbonyl (C=O) groups excluding carboxylic acids is 1. The summed E-state index contributed by atoms with van der Waals surface area (Å²) < 4.78 is 1.58. The number of carbonyl (C=O) groups is 1. The number of halogens is 3. The predicted molar refractivity (Wildman–Crippen MR) is 106 cm³/mol. The number of aromatic nitrogens is 3. The van der Waals surface area contributed by atoms with Crippen LogP contribution in [0, 0.1) is 0 Å². The molecule has 1 aliphatic heterocycles. The second-order valence-electron chi connectivity index (χ2n) is 6.07. The molecule has 1 aromatic heterocycles. The molecular formula is C17H22Cl3N5O. The third-order valence-electron chi connectivity index (χ3n) is 4.45. The predicted octanol–water partition coefficient (Wildman–Crippen LogP) is 3.38. The second kappa shape index (κ2) is 9.04. The molecule has 2 heterocycles. The van der Waals surface area contributed by atoms with Gasteiger partial charge in [-0.25, -0.2) is 9.67 Å². The van der Waals surface area contributed by atoms with Crippen LogP contribution in [0.25, 0.3) is 5.69 Å². The van der Waals surface area contributed by atoms with Crippen LogP contribution >= 0.6 is 35.6 Å². The third-order valence-corrected chi connectivity index (χ3v) is 5.06. The van der Waals surface area contributed by atoms with Gasteiger partial charge in [0, 0.05) is 25.6 Å². The van der Waals surface area contributed by atoms with Crippen LogP contribution in [0.15, 0.2) is 18.2 Å². The van der Waals surface area contributed by atoms with Crippen LogP contribution in [0.4, 0.5) is 0 Å². The average molecular weight is 419 g/mol. The Bertz CT molecular complexity index is 760. The monoisotopic (exact) mass is 417 g/mol. The highest BCUT2D eigenvalue weighted by atomic mass is 35.5. The maximum Gasteiger partial charge on any atom is 0.293 e. The number of hydrogen-bond donors (Lipinski definition) is 1. The summed E-state index contributed by atoms with van der Waals surface area (Å²) >= 11 is 12.6. The van der Waals surface area contributed by atoms with E-state index in [0.29, 0.717) is 40.6 Å². The zero-order valence-corrected chi connectivity index (χ0v) is 17.0.